The second-order valence-corrected chi connectivity index (χ2v) is 13.6. The number of hydrogen-bond acceptors (Lipinski definition) is 1. The molecule has 176 valence electrons. The number of allylic oxidation sites excluding steroid dienone is 3. The molecule has 1 N–H and O–H groups in total. The van der Waals surface area contributed by atoms with Crippen LogP contribution in [0.2, 0.25) is 0 Å². The van der Waals surface area contributed by atoms with E-state index in [1.54, 1.807) is 0 Å². The van der Waals surface area contributed by atoms with Crippen LogP contribution in [0.5, 0.6) is 0 Å². The van der Waals surface area contributed by atoms with Gasteiger partial charge in [0.25, 0.3) is 0 Å². The molecule has 0 aromatic carbocycles. The molecule has 0 heterocycles. The zero-order valence-corrected chi connectivity index (χ0v) is 21.7. The van der Waals surface area contributed by atoms with Gasteiger partial charge in [-0.3, -0.25) is 0 Å². The summed E-state index contributed by atoms with van der Waals surface area (Å²) in [6.45, 7) is 21.5. The fraction of sp³-hybridized carbons (Fsp3) is 0.867. The molecule has 0 aliphatic heterocycles. The first-order valence-corrected chi connectivity index (χ1v) is 13.4. The molecule has 31 heavy (non-hydrogen) atoms. The lowest BCUT2D eigenvalue weighted by Crippen LogP contribution is -2.55. The van der Waals surface area contributed by atoms with Crippen LogP contribution in [0.4, 0.5) is 0 Å². The van der Waals surface area contributed by atoms with E-state index in [2.05, 4.69) is 55.0 Å². The summed E-state index contributed by atoms with van der Waals surface area (Å²) in [6.07, 6.45) is 14.0. The summed E-state index contributed by atoms with van der Waals surface area (Å²) in [6, 6.07) is 0. The molecule has 4 aliphatic rings. The zero-order chi connectivity index (χ0) is 22.8. The highest BCUT2D eigenvalue weighted by molar-refractivity contribution is 5.38. The van der Waals surface area contributed by atoms with Crippen LogP contribution in [0.1, 0.15) is 119 Å². The summed E-state index contributed by atoms with van der Waals surface area (Å²) >= 11 is 0. The average Bonchev–Trinajstić information content (AvgIpc) is 2.96. The van der Waals surface area contributed by atoms with Crippen molar-refractivity contribution in [1.29, 1.82) is 0 Å². The smallest absolute Gasteiger partial charge is 0.0594 e. The Labute approximate surface area is 193 Å². The van der Waals surface area contributed by atoms with Crippen LogP contribution in [0.25, 0.3) is 0 Å². The fourth-order valence-electron chi connectivity index (χ4n) is 9.56. The monoisotopic (exact) mass is 426 g/mol. The summed E-state index contributed by atoms with van der Waals surface area (Å²) in [7, 11) is 0. The van der Waals surface area contributed by atoms with E-state index in [0.717, 1.165) is 18.3 Å². The van der Waals surface area contributed by atoms with Crippen LogP contribution in [0.15, 0.2) is 23.3 Å². The van der Waals surface area contributed by atoms with E-state index in [4.69, 9.17) is 0 Å². The maximum atomic E-state index is 10.8. The summed E-state index contributed by atoms with van der Waals surface area (Å²) in [5.74, 6) is 2.32. The third-order valence-electron chi connectivity index (χ3n) is 11.7. The first-order valence-electron chi connectivity index (χ1n) is 13.4. The van der Waals surface area contributed by atoms with Gasteiger partial charge in [-0.1, -0.05) is 64.7 Å². The number of aliphatic hydroxyl groups is 1. The van der Waals surface area contributed by atoms with Gasteiger partial charge in [0, 0.05) is 0 Å². The van der Waals surface area contributed by atoms with E-state index in [-0.39, 0.29) is 11.5 Å². The minimum absolute atomic E-state index is 0.0448. The Morgan fingerprint density at radius 1 is 1.00 bits per heavy atom. The topological polar surface area (TPSA) is 20.2 Å². The molecule has 0 saturated heterocycles. The van der Waals surface area contributed by atoms with Gasteiger partial charge in [0.2, 0.25) is 0 Å². The molecule has 2 saturated carbocycles. The number of rotatable bonds is 5. The van der Waals surface area contributed by atoms with Crippen molar-refractivity contribution in [2.75, 3.05) is 0 Å². The van der Waals surface area contributed by atoms with Gasteiger partial charge in [-0.25, -0.2) is 0 Å². The minimum Gasteiger partial charge on any atom is -0.393 e. The van der Waals surface area contributed by atoms with Gasteiger partial charge >= 0.3 is 0 Å². The lowest BCUT2D eigenvalue weighted by Gasteiger charge is -2.62. The lowest BCUT2D eigenvalue weighted by atomic mass is 9.43. The maximum absolute atomic E-state index is 10.8. The van der Waals surface area contributed by atoms with Crippen molar-refractivity contribution in [3.05, 3.63) is 23.3 Å². The first-order chi connectivity index (χ1) is 14.4. The molecule has 7 atom stereocenters. The Hall–Kier alpha value is -0.560. The van der Waals surface area contributed by atoms with Gasteiger partial charge in [-0.15, -0.1) is 6.58 Å². The van der Waals surface area contributed by atoms with Crippen molar-refractivity contribution >= 4 is 0 Å². The number of fused-ring (bicyclic) bond motifs is 4. The van der Waals surface area contributed by atoms with E-state index in [1.807, 2.05) is 11.1 Å². The van der Waals surface area contributed by atoms with Crippen molar-refractivity contribution in [2.24, 2.45) is 39.4 Å². The average molecular weight is 427 g/mol. The predicted octanol–water partition coefficient (Wildman–Crippen LogP) is 8.48. The molecule has 0 amide bonds. The Bertz CT molecular complexity index is 758. The number of hydrogen-bond donors (Lipinski definition) is 1. The third kappa shape index (κ3) is 3.34. The SMILES string of the molecule is C=C(C)CCC[C@@H](C)[C@H]1CC[C@@]2(C)C3=C(CC[C@]12C)[C@@]1(C)CC[C@H](O)C(C)(C)[C@H]1CC3. The van der Waals surface area contributed by atoms with Gasteiger partial charge in [0.1, 0.15) is 0 Å². The second kappa shape index (κ2) is 7.75. The van der Waals surface area contributed by atoms with E-state index < -0.39 is 0 Å². The summed E-state index contributed by atoms with van der Waals surface area (Å²) in [5.41, 5.74) is 6.27. The minimum atomic E-state index is -0.131. The highest BCUT2D eigenvalue weighted by Gasteiger charge is 2.63. The molecule has 4 aliphatic carbocycles. The van der Waals surface area contributed by atoms with Crippen molar-refractivity contribution in [3.8, 4) is 0 Å². The largest absolute Gasteiger partial charge is 0.393 e. The fourth-order valence-corrected chi connectivity index (χ4v) is 9.56. The normalized spacial score (nSPS) is 45.0. The van der Waals surface area contributed by atoms with Gasteiger partial charge in [0.15, 0.2) is 0 Å². The Morgan fingerprint density at radius 3 is 2.39 bits per heavy atom. The molecule has 0 spiro atoms. The van der Waals surface area contributed by atoms with Crippen LogP contribution in [-0.4, -0.2) is 11.2 Å². The summed E-state index contributed by atoms with van der Waals surface area (Å²) in [5, 5.41) is 10.8. The van der Waals surface area contributed by atoms with Crippen LogP contribution >= 0.6 is 0 Å². The second-order valence-electron chi connectivity index (χ2n) is 13.6. The lowest BCUT2D eigenvalue weighted by molar-refractivity contribution is -0.0962. The highest BCUT2D eigenvalue weighted by Crippen LogP contribution is 2.72. The molecule has 0 aromatic rings. The molecular formula is C30H50O. The molecule has 1 heteroatoms. The van der Waals surface area contributed by atoms with Crippen molar-refractivity contribution in [2.45, 2.75) is 125 Å². The molecular weight excluding hydrogens is 376 g/mol. The molecule has 0 aromatic heterocycles. The standard InChI is InChI=1S/C30H50O/c1-20(2)10-9-11-21(3)22-14-18-30(8)24-12-13-25-27(4,5)26(31)16-17-28(25,6)23(24)15-19-29(22,30)7/h21-22,25-26,31H,1,9-19H2,2-8H3/t21-,22-,25-,26+,28-,29-,30+/m1/s1. The van der Waals surface area contributed by atoms with Gasteiger partial charge in [-0.05, 0) is 111 Å². The van der Waals surface area contributed by atoms with Crippen LogP contribution in [0.3, 0.4) is 0 Å². The molecule has 0 bridgehead atoms. The van der Waals surface area contributed by atoms with Crippen molar-refractivity contribution in [1.82, 2.24) is 0 Å². The highest BCUT2D eigenvalue weighted by atomic mass is 16.3. The molecule has 4 rings (SSSR count). The van der Waals surface area contributed by atoms with Gasteiger partial charge in [0.05, 0.1) is 6.10 Å². The third-order valence-corrected chi connectivity index (χ3v) is 11.7. The van der Waals surface area contributed by atoms with E-state index >= 15 is 0 Å². The quantitative estimate of drug-likeness (QED) is 0.437. The molecule has 1 nitrogen and oxygen atoms in total. The summed E-state index contributed by atoms with van der Waals surface area (Å²) < 4.78 is 0. The Morgan fingerprint density at radius 2 is 1.71 bits per heavy atom. The van der Waals surface area contributed by atoms with Crippen LogP contribution < -0.4 is 0 Å². The summed E-state index contributed by atoms with van der Waals surface area (Å²) in [4.78, 5) is 0. The van der Waals surface area contributed by atoms with Gasteiger partial charge < -0.3 is 5.11 Å². The van der Waals surface area contributed by atoms with Crippen molar-refractivity contribution in [3.63, 3.8) is 0 Å². The molecule has 0 radical (unpaired) electrons. The number of aliphatic hydroxyl groups excluding tert-OH is 1. The Kier molecular flexibility index (Phi) is 5.90. The maximum Gasteiger partial charge on any atom is 0.0594 e. The van der Waals surface area contributed by atoms with E-state index in [1.165, 1.54) is 69.8 Å². The van der Waals surface area contributed by atoms with Crippen molar-refractivity contribution < 1.29 is 5.11 Å². The molecule has 2 fully saturated rings. The molecule has 0 unspecified atom stereocenters. The zero-order valence-electron chi connectivity index (χ0n) is 21.7. The van der Waals surface area contributed by atoms with Crippen LogP contribution in [0, 0.1) is 39.4 Å². The van der Waals surface area contributed by atoms with E-state index in [0.29, 0.717) is 22.2 Å². The van der Waals surface area contributed by atoms with E-state index in [9.17, 15) is 5.11 Å². The van der Waals surface area contributed by atoms with Crippen LogP contribution in [-0.2, 0) is 0 Å². The predicted molar refractivity (Wildman–Crippen MR) is 133 cm³/mol. The first kappa shape index (κ1) is 23.6. The van der Waals surface area contributed by atoms with Gasteiger partial charge in [-0.2, -0.15) is 0 Å². The Balaban J connectivity index is 1.63.